The first kappa shape index (κ1) is 12.7. The van der Waals surface area contributed by atoms with Gasteiger partial charge in [-0.15, -0.1) is 0 Å². The fourth-order valence-electron chi connectivity index (χ4n) is 2.02. The summed E-state index contributed by atoms with van der Waals surface area (Å²) < 4.78 is 0. The number of amides is 1. The predicted octanol–water partition coefficient (Wildman–Crippen LogP) is 2.24. The van der Waals surface area contributed by atoms with Crippen LogP contribution in [0.4, 0.5) is 5.69 Å². The Kier molecular flexibility index (Phi) is 3.45. The molecule has 0 spiro atoms. The molecule has 0 unspecified atom stereocenters. The van der Waals surface area contributed by atoms with Crippen molar-refractivity contribution in [1.29, 1.82) is 0 Å². The molecule has 0 aromatic heterocycles. The van der Waals surface area contributed by atoms with E-state index in [9.17, 15) is 9.90 Å². The Morgan fingerprint density at radius 3 is 2.67 bits per heavy atom. The fraction of sp³-hybridized carbons (Fsp3) is 0.500. The van der Waals surface area contributed by atoms with E-state index in [0.29, 0.717) is 23.2 Å². The second-order valence-electron chi connectivity index (χ2n) is 5.36. The maximum atomic E-state index is 12.4. The minimum Gasteiger partial charge on any atom is -0.506 e. The first-order valence-corrected chi connectivity index (χ1v) is 6.38. The Labute approximate surface area is 107 Å². The summed E-state index contributed by atoms with van der Waals surface area (Å²) in [5.74, 6) is 0.402. The summed E-state index contributed by atoms with van der Waals surface area (Å²) in [5.41, 5.74) is 6.35. The van der Waals surface area contributed by atoms with Crippen molar-refractivity contribution < 1.29 is 9.90 Å². The number of rotatable bonds is 4. The predicted molar refractivity (Wildman–Crippen MR) is 71.4 cm³/mol. The summed E-state index contributed by atoms with van der Waals surface area (Å²) in [5, 5.41) is 9.57. The van der Waals surface area contributed by atoms with Gasteiger partial charge >= 0.3 is 0 Å². The van der Waals surface area contributed by atoms with E-state index in [2.05, 4.69) is 13.8 Å². The molecule has 18 heavy (non-hydrogen) atoms. The molecule has 1 aliphatic rings. The minimum absolute atomic E-state index is 0.0125. The van der Waals surface area contributed by atoms with Crippen LogP contribution in [0.25, 0.3) is 0 Å². The zero-order valence-corrected chi connectivity index (χ0v) is 10.9. The number of nitrogen functional groups attached to an aromatic ring is 1. The number of aromatic hydroxyl groups is 1. The lowest BCUT2D eigenvalue weighted by Crippen LogP contribution is -2.36. The van der Waals surface area contributed by atoms with Crippen molar-refractivity contribution in [3.05, 3.63) is 23.8 Å². The van der Waals surface area contributed by atoms with E-state index < -0.39 is 0 Å². The van der Waals surface area contributed by atoms with Crippen LogP contribution in [0, 0.1) is 5.92 Å². The van der Waals surface area contributed by atoms with Crippen LogP contribution >= 0.6 is 0 Å². The monoisotopic (exact) mass is 248 g/mol. The Morgan fingerprint density at radius 1 is 1.50 bits per heavy atom. The molecule has 4 heteroatoms. The van der Waals surface area contributed by atoms with Crippen LogP contribution in [0.2, 0.25) is 0 Å². The Hall–Kier alpha value is -1.71. The number of carbonyl (C=O) groups excluding carboxylic acids is 1. The lowest BCUT2D eigenvalue weighted by Gasteiger charge is -2.24. The number of anilines is 1. The summed E-state index contributed by atoms with van der Waals surface area (Å²) >= 11 is 0. The molecular formula is C14H20N2O2. The molecule has 4 nitrogen and oxygen atoms in total. The third kappa shape index (κ3) is 2.75. The van der Waals surface area contributed by atoms with Crippen molar-refractivity contribution in [2.75, 3.05) is 12.3 Å². The van der Waals surface area contributed by atoms with Gasteiger partial charge in [0, 0.05) is 18.2 Å². The molecule has 0 radical (unpaired) electrons. The summed E-state index contributed by atoms with van der Waals surface area (Å²) in [7, 11) is 0. The van der Waals surface area contributed by atoms with Gasteiger partial charge in [0.25, 0.3) is 5.91 Å². The van der Waals surface area contributed by atoms with E-state index >= 15 is 0 Å². The molecular weight excluding hydrogens is 228 g/mol. The number of nitrogens with two attached hydrogens (primary N) is 1. The van der Waals surface area contributed by atoms with E-state index in [1.165, 1.54) is 6.07 Å². The highest BCUT2D eigenvalue weighted by Crippen LogP contribution is 2.30. The molecule has 1 fully saturated rings. The van der Waals surface area contributed by atoms with Crippen LogP contribution < -0.4 is 5.73 Å². The van der Waals surface area contributed by atoms with Crippen molar-refractivity contribution in [2.45, 2.75) is 32.7 Å². The third-order valence-corrected chi connectivity index (χ3v) is 3.09. The van der Waals surface area contributed by atoms with Gasteiger partial charge in [-0.25, -0.2) is 0 Å². The number of phenolic OH excluding ortho intramolecular Hbond substituents is 1. The molecule has 0 bridgehead atoms. The van der Waals surface area contributed by atoms with Crippen molar-refractivity contribution in [3.8, 4) is 5.75 Å². The van der Waals surface area contributed by atoms with Crippen LogP contribution in [0.3, 0.4) is 0 Å². The molecule has 1 aromatic rings. The van der Waals surface area contributed by atoms with Gasteiger partial charge in [0.05, 0.1) is 5.69 Å². The van der Waals surface area contributed by atoms with Gasteiger partial charge in [0.15, 0.2) is 0 Å². The maximum absolute atomic E-state index is 12.4. The lowest BCUT2D eigenvalue weighted by molar-refractivity contribution is 0.0722. The van der Waals surface area contributed by atoms with E-state index in [1.807, 2.05) is 4.90 Å². The SMILES string of the molecule is CC(C)CN(C(=O)c1ccc(N)c(O)c1)C1CC1. The quantitative estimate of drug-likeness (QED) is 0.634. The van der Waals surface area contributed by atoms with Crippen LogP contribution in [-0.4, -0.2) is 28.5 Å². The highest BCUT2D eigenvalue weighted by atomic mass is 16.3. The normalized spacial score (nSPS) is 14.8. The Balaban J connectivity index is 2.19. The fourth-order valence-corrected chi connectivity index (χ4v) is 2.02. The molecule has 0 atom stereocenters. The second kappa shape index (κ2) is 4.88. The van der Waals surface area contributed by atoms with Gasteiger partial charge < -0.3 is 15.7 Å². The molecule has 1 amide bonds. The van der Waals surface area contributed by atoms with Gasteiger partial charge in [0.1, 0.15) is 5.75 Å². The van der Waals surface area contributed by atoms with E-state index in [1.54, 1.807) is 12.1 Å². The minimum atomic E-state index is -0.0267. The van der Waals surface area contributed by atoms with Gasteiger partial charge in [-0.2, -0.15) is 0 Å². The first-order valence-electron chi connectivity index (χ1n) is 6.38. The maximum Gasteiger partial charge on any atom is 0.254 e. The molecule has 0 saturated heterocycles. The summed E-state index contributed by atoms with van der Waals surface area (Å²) in [6.07, 6.45) is 2.17. The Bertz CT molecular complexity index is 453. The number of nitrogens with zero attached hydrogens (tertiary/aromatic N) is 1. The third-order valence-electron chi connectivity index (χ3n) is 3.09. The summed E-state index contributed by atoms with van der Waals surface area (Å²) in [4.78, 5) is 14.3. The largest absolute Gasteiger partial charge is 0.506 e. The molecule has 3 N–H and O–H groups in total. The smallest absolute Gasteiger partial charge is 0.254 e. The highest BCUT2D eigenvalue weighted by Gasteiger charge is 2.33. The molecule has 0 aliphatic heterocycles. The number of phenols is 1. The number of hydrogen-bond acceptors (Lipinski definition) is 3. The van der Waals surface area contributed by atoms with Gasteiger partial charge in [-0.05, 0) is 37.0 Å². The highest BCUT2D eigenvalue weighted by molar-refractivity contribution is 5.95. The van der Waals surface area contributed by atoms with Crippen molar-refractivity contribution in [3.63, 3.8) is 0 Å². The van der Waals surface area contributed by atoms with Crippen LogP contribution in [0.15, 0.2) is 18.2 Å². The van der Waals surface area contributed by atoms with Crippen molar-refractivity contribution in [1.82, 2.24) is 4.90 Å². The zero-order valence-electron chi connectivity index (χ0n) is 10.9. The second-order valence-corrected chi connectivity index (χ2v) is 5.36. The van der Waals surface area contributed by atoms with Gasteiger partial charge in [-0.3, -0.25) is 4.79 Å². The lowest BCUT2D eigenvalue weighted by atomic mass is 10.1. The summed E-state index contributed by atoms with van der Waals surface area (Å²) in [6.45, 7) is 4.96. The van der Waals surface area contributed by atoms with E-state index in [0.717, 1.165) is 19.4 Å². The van der Waals surface area contributed by atoms with Crippen LogP contribution in [0.5, 0.6) is 5.75 Å². The summed E-state index contributed by atoms with van der Waals surface area (Å²) in [6, 6.07) is 5.07. The zero-order chi connectivity index (χ0) is 13.3. The average Bonchev–Trinajstić information content (AvgIpc) is 3.12. The first-order chi connectivity index (χ1) is 8.49. The van der Waals surface area contributed by atoms with Gasteiger partial charge in [-0.1, -0.05) is 13.8 Å². The van der Waals surface area contributed by atoms with Gasteiger partial charge in [0.2, 0.25) is 0 Å². The number of benzene rings is 1. The van der Waals surface area contributed by atoms with E-state index in [-0.39, 0.29) is 11.7 Å². The number of carbonyl (C=O) groups is 1. The molecule has 1 aromatic carbocycles. The molecule has 2 rings (SSSR count). The topological polar surface area (TPSA) is 66.6 Å². The molecule has 1 saturated carbocycles. The standard InChI is InChI=1S/C14H20N2O2/c1-9(2)8-16(11-4-5-11)14(18)10-3-6-12(15)13(17)7-10/h3,6-7,9,11,17H,4-5,8,15H2,1-2H3. The number of hydrogen-bond donors (Lipinski definition) is 2. The van der Waals surface area contributed by atoms with Crippen LogP contribution in [0.1, 0.15) is 37.0 Å². The average molecular weight is 248 g/mol. The Morgan fingerprint density at radius 2 is 2.17 bits per heavy atom. The molecule has 0 heterocycles. The van der Waals surface area contributed by atoms with Crippen molar-refractivity contribution >= 4 is 11.6 Å². The van der Waals surface area contributed by atoms with E-state index in [4.69, 9.17) is 5.73 Å². The van der Waals surface area contributed by atoms with Crippen LogP contribution in [-0.2, 0) is 0 Å². The molecule has 1 aliphatic carbocycles. The molecule has 98 valence electrons. The van der Waals surface area contributed by atoms with Crippen molar-refractivity contribution in [2.24, 2.45) is 5.92 Å².